The topological polar surface area (TPSA) is 52.4 Å². The number of alkyl halides is 1. The van der Waals surface area contributed by atoms with Crippen molar-refractivity contribution in [2.45, 2.75) is 5.33 Å². The summed E-state index contributed by atoms with van der Waals surface area (Å²) in [5.74, 6) is 0.515. The fraction of sp³-hybridized carbons (Fsp3) is 0.200. The van der Waals surface area contributed by atoms with E-state index in [-0.39, 0.29) is 5.69 Å². The highest BCUT2D eigenvalue weighted by atomic mass is 79.9. The lowest BCUT2D eigenvalue weighted by Crippen LogP contribution is -1.97. The molecular weight excluding hydrogens is 262 g/mol. The third-order valence-corrected chi connectivity index (χ3v) is 2.37. The lowest BCUT2D eigenvalue weighted by Gasteiger charge is -2.07. The van der Waals surface area contributed by atoms with Crippen LogP contribution in [0.25, 0.3) is 0 Å². The van der Waals surface area contributed by atoms with Crippen molar-refractivity contribution < 1.29 is 9.66 Å². The second-order valence-electron chi connectivity index (χ2n) is 2.78. The molecule has 1 rings (SSSR count). The number of hydrogen-bond donors (Lipinski definition) is 0. The molecule has 80 valence electrons. The van der Waals surface area contributed by atoms with E-state index < -0.39 is 4.92 Å². The SMILES string of the molecule is C=CCOc1cc([N+](=O)[O-])ccc1CBr. The first-order valence-electron chi connectivity index (χ1n) is 4.26. The molecule has 4 nitrogen and oxygen atoms in total. The number of rotatable bonds is 5. The molecule has 0 N–H and O–H groups in total. The Kier molecular flexibility index (Phi) is 4.30. The third kappa shape index (κ3) is 3.06. The highest BCUT2D eigenvalue weighted by Crippen LogP contribution is 2.26. The lowest BCUT2D eigenvalue weighted by molar-refractivity contribution is -0.384. The van der Waals surface area contributed by atoms with Gasteiger partial charge in [0.15, 0.2) is 0 Å². The van der Waals surface area contributed by atoms with Crippen molar-refractivity contribution in [3.8, 4) is 5.75 Å². The number of benzene rings is 1. The Morgan fingerprint density at radius 1 is 1.60 bits per heavy atom. The highest BCUT2D eigenvalue weighted by Gasteiger charge is 2.10. The van der Waals surface area contributed by atoms with Gasteiger partial charge in [-0.15, -0.1) is 0 Å². The largest absolute Gasteiger partial charge is 0.489 e. The van der Waals surface area contributed by atoms with E-state index in [1.54, 1.807) is 12.1 Å². The van der Waals surface area contributed by atoms with E-state index in [0.29, 0.717) is 17.7 Å². The molecule has 0 saturated heterocycles. The van der Waals surface area contributed by atoms with Crippen molar-refractivity contribution in [3.05, 3.63) is 46.5 Å². The predicted octanol–water partition coefficient (Wildman–Crippen LogP) is 3.05. The van der Waals surface area contributed by atoms with Gasteiger partial charge in [-0.05, 0) is 6.07 Å². The maximum absolute atomic E-state index is 10.5. The number of halogens is 1. The molecule has 0 amide bonds. The maximum atomic E-state index is 10.5. The number of nitrogens with zero attached hydrogens (tertiary/aromatic N) is 1. The Labute approximate surface area is 95.8 Å². The van der Waals surface area contributed by atoms with Crippen LogP contribution in [0, 0.1) is 10.1 Å². The average molecular weight is 272 g/mol. The van der Waals surface area contributed by atoms with Crippen molar-refractivity contribution in [3.63, 3.8) is 0 Å². The molecule has 0 spiro atoms. The summed E-state index contributed by atoms with van der Waals surface area (Å²) in [4.78, 5) is 10.1. The Hall–Kier alpha value is -1.36. The quantitative estimate of drug-likeness (QED) is 0.358. The molecule has 0 fully saturated rings. The maximum Gasteiger partial charge on any atom is 0.273 e. The van der Waals surface area contributed by atoms with Crippen LogP contribution in [0.4, 0.5) is 5.69 Å². The summed E-state index contributed by atoms with van der Waals surface area (Å²) in [6.45, 7) is 3.85. The molecule has 0 aliphatic carbocycles. The first-order chi connectivity index (χ1) is 7.19. The van der Waals surface area contributed by atoms with Crippen LogP contribution < -0.4 is 4.74 Å². The average Bonchev–Trinajstić information content (AvgIpc) is 2.25. The first kappa shape index (κ1) is 11.7. The van der Waals surface area contributed by atoms with Gasteiger partial charge in [0, 0.05) is 17.0 Å². The molecule has 1 aromatic rings. The normalized spacial score (nSPS) is 9.67. The summed E-state index contributed by atoms with van der Waals surface area (Å²) in [5, 5.41) is 11.1. The van der Waals surface area contributed by atoms with Crippen molar-refractivity contribution in [2.24, 2.45) is 0 Å². The van der Waals surface area contributed by atoms with Gasteiger partial charge in [0.1, 0.15) is 12.4 Å². The molecule has 0 aliphatic heterocycles. The molecule has 0 aliphatic rings. The predicted molar refractivity (Wildman–Crippen MR) is 61.4 cm³/mol. The standard InChI is InChI=1S/C10H10BrNO3/c1-2-5-15-10-6-9(12(13)14)4-3-8(10)7-11/h2-4,6H,1,5,7H2. The van der Waals surface area contributed by atoms with E-state index in [0.717, 1.165) is 5.56 Å². The Morgan fingerprint density at radius 2 is 2.33 bits per heavy atom. The summed E-state index contributed by atoms with van der Waals surface area (Å²) in [6.07, 6.45) is 1.59. The highest BCUT2D eigenvalue weighted by molar-refractivity contribution is 9.08. The van der Waals surface area contributed by atoms with Gasteiger partial charge in [0.25, 0.3) is 5.69 Å². The number of non-ortho nitro benzene ring substituents is 1. The number of ether oxygens (including phenoxy) is 1. The van der Waals surface area contributed by atoms with Gasteiger partial charge in [-0.25, -0.2) is 0 Å². The molecule has 0 heterocycles. The smallest absolute Gasteiger partial charge is 0.273 e. The summed E-state index contributed by atoms with van der Waals surface area (Å²) in [7, 11) is 0. The number of nitro groups is 1. The van der Waals surface area contributed by atoms with Gasteiger partial charge in [-0.3, -0.25) is 10.1 Å². The van der Waals surface area contributed by atoms with Gasteiger partial charge >= 0.3 is 0 Å². The van der Waals surface area contributed by atoms with E-state index in [2.05, 4.69) is 22.5 Å². The van der Waals surface area contributed by atoms with Crippen LogP contribution in [-0.4, -0.2) is 11.5 Å². The van der Waals surface area contributed by atoms with Gasteiger partial charge < -0.3 is 4.74 Å². The molecule has 5 heteroatoms. The van der Waals surface area contributed by atoms with Gasteiger partial charge in [-0.2, -0.15) is 0 Å². The molecule has 0 saturated carbocycles. The molecule has 1 aromatic carbocycles. The Balaban J connectivity index is 3.01. The van der Waals surface area contributed by atoms with Crippen molar-refractivity contribution >= 4 is 21.6 Å². The molecule has 0 aromatic heterocycles. The summed E-state index contributed by atoms with van der Waals surface area (Å²) >= 11 is 3.29. The fourth-order valence-electron chi connectivity index (χ4n) is 1.05. The summed E-state index contributed by atoms with van der Waals surface area (Å²) in [5.41, 5.74) is 0.904. The third-order valence-electron chi connectivity index (χ3n) is 1.76. The van der Waals surface area contributed by atoms with Crippen molar-refractivity contribution in [1.82, 2.24) is 0 Å². The second kappa shape index (κ2) is 5.50. The Bertz CT molecular complexity index is 379. The molecule has 0 atom stereocenters. The lowest BCUT2D eigenvalue weighted by atomic mass is 10.2. The van der Waals surface area contributed by atoms with E-state index in [1.165, 1.54) is 12.1 Å². The number of nitro benzene ring substituents is 1. The van der Waals surface area contributed by atoms with Crippen LogP contribution in [0.15, 0.2) is 30.9 Å². The summed E-state index contributed by atoms with van der Waals surface area (Å²) < 4.78 is 5.32. The van der Waals surface area contributed by atoms with E-state index in [9.17, 15) is 10.1 Å². The van der Waals surface area contributed by atoms with Gasteiger partial charge in [0.05, 0.1) is 11.0 Å². The first-order valence-corrected chi connectivity index (χ1v) is 5.38. The zero-order valence-corrected chi connectivity index (χ0v) is 9.57. The number of hydrogen-bond acceptors (Lipinski definition) is 3. The zero-order valence-electron chi connectivity index (χ0n) is 7.98. The molecular formula is C10H10BrNO3. The second-order valence-corrected chi connectivity index (χ2v) is 3.34. The fourth-order valence-corrected chi connectivity index (χ4v) is 1.51. The van der Waals surface area contributed by atoms with E-state index in [4.69, 9.17) is 4.74 Å². The van der Waals surface area contributed by atoms with Crippen LogP contribution in [0.3, 0.4) is 0 Å². The molecule has 15 heavy (non-hydrogen) atoms. The van der Waals surface area contributed by atoms with E-state index >= 15 is 0 Å². The van der Waals surface area contributed by atoms with Crippen LogP contribution >= 0.6 is 15.9 Å². The minimum absolute atomic E-state index is 0.0266. The minimum Gasteiger partial charge on any atom is -0.489 e. The van der Waals surface area contributed by atoms with Crippen LogP contribution in [-0.2, 0) is 5.33 Å². The molecule has 0 unspecified atom stereocenters. The Morgan fingerprint density at radius 3 is 2.87 bits per heavy atom. The monoisotopic (exact) mass is 271 g/mol. The van der Waals surface area contributed by atoms with E-state index in [1.807, 2.05) is 0 Å². The van der Waals surface area contributed by atoms with Crippen molar-refractivity contribution in [1.29, 1.82) is 0 Å². The summed E-state index contributed by atoms with van der Waals surface area (Å²) in [6, 6.07) is 4.54. The minimum atomic E-state index is -0.446. The van der Waals surface area contributed by atoms with Gasteiger partial charge in [-0.1, -0.05) is 28.6 Å². The molecule has 0 radical (unpaired) electrons. The zero-order chi connectivity index (χ0) is 11.3. The van der Waals surface area contributed by atoms with Gasteiger partial charge in [0.2, 0.25) is 0 Å². The molecule has 0 bridgehead atoms. The van der Waals surface area contributed by atoms with Crippen molar-refractivity contribution in [2.75, 3.05) is 6.61 Å². The van der Waals surface area contributed by atoms with Crippen LogP contribution in [0.5, 0.6) is 5.75 Å². The van der Waals surface area contributed by atoms with Crippen LogP contribution in [0.1, 0.15) is 5.56 Å². The van der Waals surface area contributed by atoms with Crippen LogP contribution in [0.2, 0.25) is 0 Å².